The van der Waals surface area contributed by atoms with E-state index in [0.717, 1.165) is 10.4 Å². The van der Waals surface area contributed by atoms with Crippen LogP contribution in [-0.2, 0) is 0 Å². The number of aryl methyl sites for hydroxylation is 1. The molecular formula is C14H13ClN2O2S. The van der Waals surface area contributed by atoms with Crippen molar-refractivity contribution in [2.24, 2.45) is 5.10 Å². The van der Waals surface area contributed by atoms with Crippen molar-refractivity contribution >= 4 is 35.1 Å². The molecule has 0 saturated heterocycles. The van der Waals surface area contributed by atoms with Crippen LogP contribution in [0.1, 0.15) is 20.8 Å². The molecule has 0 bridgehead atoms. The third-order valence-corrected chi connectivity index (χ3v) is 3.84. The first-order valence-corrected chi connectivity index (χ1v) is 7.08. The number of nitrogens with zero attached hydrogens (tertiary/aromatic N) is 1. The highest BCUT2D eigenvalue weighted by Crippen LogP contribution is 2.22. The number of thiophene rings is 1. The van der Waals surface area contributed by atoms with Gasteiger partial charge in [0, 0.05) is 9.90 Å². The molecule has 2 aromatic rings. The SMILES string of the molecule is COc1ccc(Cl)cc1C(=O)N/N=C/c1sccc1C. The summed E-state index contributed by atoms with van der Waals surface area (Å²) in [6.45, 7) is 1.99. The number of hydrogen-bond donors (Lipinski definition) is 1. The van der Waals surface area contributed by atoms with Gasteiger partial charge in [0.25, 0.3) is 5.91 Å². The molecule has 0 fully saturated rings. The maximum Gasteiger partial charge on any atom is 0.275 e. The Hall–Kier alpha value is -1.85. The van der Waals surface area contributed by atoms with Gasteiger partial charge in [0.1, 0.15) is 5.75 Å². The lowest BCUT2D eigenvalue weighted by molar-refractivity contribution is 0.0952. The largest absolute Gasteiger partial charge is 0.496 e. The van der Waals surface area contributed by atoms with Gasteiger partial charge in [-0.2, -0.15) is 5.10 Å². The third kappa shape index (κ3) is 3.37. The number of carbonyl (C=O) groups excluding carboxylic acids is 1. The Morgan fingerprint density at radius 1 is 1.45 bits per heavy atom. The first-order valence-electron chi connectivity index (χ1n) is 5.83. The third-order valence-electron chi connectivity index (χ3n) is 2.66. The smallest absolute Gasteiger partial charge is 0.275 e. The van der Waals surface area contributed by atoms with Gasteiger partial charge in [-0.1, -0.05) is 11.6 Å². The quantitative estimate of drug-likeness (QED) is 0.694. The molecule has 1 N–H and O–H groups in total. The van der Waals surface area contributed by atoms with Crippen LogP contribution in [0.3, 0.4) is 0 Å². The Labute approximate surface area is 126 Å². The summed E-state index contributed by atoms with van der Waals surface area (Å²) in [6.07, 6.45) is 1.62. The van der Waals surface area contributed by atoms with Gasteiger partial charge < -0.3 is 4.74 Å². The molecule has 1 aromatic carbocycles. The van der Waals surface area contributed by atoms with E-state index < -0.39 is 0 Å². The van der Waals surface area contributed by atoms with Crippen molar-refractivity contribution in [1.82, 2.24) is 5.43 Å². The van der Waals surface area contributed by atoms with Gasteiger partial charge in [0.2, 0.25) is 0 Å². The van der Waals surface area contributed by atoms with Crippen LogP contribution in [0.5, 0.6) is 5.75 Å². The van der Waals surface area contributed by atoms with E-state index in [-0.39, 0.29) is 5.91 Å². The van der Waals surface area contributed by atoms with Gasteiger partial charge in [0.15, 0.2) is 0 Å². The topological polar surface area (TPSA) is 50.7 Å². The molecule has 6 heteroatoms. The molecule has 0 unspecified atom stereocenters. The zero-order valence-corrected chi connectivity index (χ0v) is 12.6. The van der Waals surface area contributed by atoms with Gasteiger partial charge in [0.05, 0.1) is 18.9 Å². The number of methoxy groups -OCH3 is 1. The molecule has 1 amide bonds. The number of hydrogen-bond acceptors (Lipinski definition) is 4. The van der Waals surface area contributed by atoms with E-state index in [1.807, 2.05) is 18.4 Å². The van der Waals surface area contributed by atoms with E-state index in [4.69, 9.17) is 16.3 Å². The van der Waals surface area contributed by atoms with Crippen molar-refractivity contribution in [3.05, 3.63) is 50.7 Å². The van der Waals surface area contributed by atoms with Crippen LogP contribution in [0.2, 0.25) is 5.02 Å². The Morgan fingerprint density at radius 2 is 2.25 bits per heavy atom. The van der Waals surface area contributed by atoms with Crippen molar-refractivity contribution in [3.63, 3.8) is 0 Å². The van der Waals surface area contributed by atoms with Crippen molar-refractivity contribution in [2.45, 2.75) is 6.92 Å². The van der Waals surface area contributed by atoms with Gasteiger partial charge >= 0.3 is 0 Å². The number of halogens is 1. The summed E-state index contributed by atoms with van der Waals surface area (Å²) in [6, 6.07) is 6.84. The molecule has 0 atom stereocenters. The molecule has 4 nitrogen and oxygen atoms in total. The normalized spacial score (nSPS) is 10.8. The molecule has 1 heterocycles. The Morgan fingerprint density at radius 3 is 2.90 bits per heavy atom. The summed E-state index contributed by atoms with van der Waals surface area (Å²) >= 11 is 7.44. The summed E-state index contributed by atoms with van der Waals surface area (Å²) in [5.74, 6) is 0.0872. The fourth-order valence-electron chi connectivity index (χ4n) is 1.58. The minimum atomic E-state index is -0.366. The highest BCUT2D eigenvalue weighted by molar-refractivity contribution is 7.11. The van der Waals surface area contributed by atoms with E-state index in [9.17, 15) is 4.79 Å². The van der Waals surface area contributed by atoms with Crippen LogP contribution in [0.15, 0.2) is 34.7 Å². The van der Waals surface area contributed by atoms with E-state index >= 15 is 0 Å². The number of benzene rings is 1. The minimum Gasteiger partial charge on any atom is -0.496 e. The maximum atomic E-state index is 12.0. The Bertz CT molecular complexity index is 652. The fourth-order valence-corrected chi connectivity index (χ4v) is 2.54. The van der Waals surface area contributed by atoms with E-state index in [1.54, 1.807) is 35.8 Å². The van der Waals surface area contributed by atoms with Crippen molar-refractivity contribution in [2.75, 3.05) is 7.11 Å². The van der Waals surface area contributed by atoms with Crippen molar-refractivity contribution < 1.29 is 9.53 Å². The molecule has 0 aliphatic heterocycles. The molecule has 0 aliphatic rings. The molecule has 104 valence electrons. The monoisotopic (exact) mass is 308 g/mol. The number of hydrazone groups is 1. The summed E-state index contributed by atoms with van der Waals surface area (Å²) in [5.41, 5.74) is 3.93. The number of ether oxygens (including phenoxy) is 1. The average molecular weight is 309 g/mol. The molecular weight excluding hydrogens is 296 g/mol. The maximum absolute atomic E-state index is 12.0. The molecule has 0 aliphatic carbocycles. The molecule has 0 saturated carbocycles. The second-order valence-electron chi connectivity index (χ2n) is 4.01. The van der Waals surface area contributed by atoms with Gasteiger partial charge in [-0.3, -0.25) is 4.79 Å². The number of carbonyl (C=O) groups is 1. The fraction of sp³-hybridized carbons (Fsp3) is 0.143. The predicted molar refractivity (Wildman–Crippen MR) is 82.1 cm³/mol. The van der Waals surface area contributed by atoms with Gasteiger partial charge in [-0.15, -0.1) is 11.3 Å². The summed E-state index contributed by atoms with van der Waals surface area (Å²) in [4.78, 5) is 13.0. The molecule has 0 spiro atoms. The molecule has 20 heavy (non-hydrogen) atoms. The molecule has 1 aromatic heterocycles. The van der Waals surface area contributed by atoms with Crippen molar-refractivity contribution in [3.8, 4) is 5.75 Å². The first-order chi connectivity index (χ1) is 9.61. The summed E-state index contributed by atoms with van der Waals surface area (Å²) < 4.78 is 5.12. The van der Waals surface area contributed by atoms with Crippen LogP contribution < -0.4 is 10.2 Å². The van der Waals surface area contributed by atoms with Crippen molar-refractivity contribution in [1.29, 1.82) is 0 Å². The predicted octanol–water partition coefficient (Wildman–Crippen LogP) is 3.48. The first kappa shape index (κ1) is 14.6. The van der Waals surface area contributed by atoms with Crippen LogP contribution >= 0.6 is 22.9 Å². The summed E-state index contributed by atoms with van der Waals surface area (Å²) in [5, 5.41) is 6.38. The van der Waals surface area contributed by atoms with Crippen LogP contribution in [0.4, 0.5) is 0 Å². The Kier molecular flexibility index (Phi) is 4.76. The number of amides is 1. The van der Waals surface area contributed by atoms with Crippen LogP contribution in [0.25, 0.3) is 0 Å². The van der Waals surface area contributed by atoms with Crippen LogP contribution in [-0.4, -0.2) is 19.2 Å². The highest BCUT2D eigenvalue weighted by Gasteiger charge is 2.12. The number of rotatable bonds is 4. The second-order valence-corrected chi connectivity index (χ2v) is 5.40. The molecule has 0 radical (unpaired) electrons. The standard InChI is InChI=1S/C14H13ClN2O2S/c1-9-5-6-20-13(9)8-16-17-14(18)11-7-10(15)3-4-12(11)19-2/h3-8H,1-2H3,(H,17,18)/b16-8+. The number of nitrogens with one attached hydrogen (secondary N) is 1. The lowest BCUT2D eigenvalue weighted by Crippen LogP contribution is -2.18. The van der Waals surface area contributed by atoms with E-state index in [0.29, 0.717) is 16.3 Å². The van der Waals surface area contributed by atoms with E-state index in [1.165, 1.54) is 7.11 Å². The van der Waals surface area contributed by atoms with Gasteiger partial charge in [-0.05, 0) is 42.1 Å². The summed E-state index contributed by atoms with van der Waals surface area (Å²) in [7, 11) is 1.50. The lowest BCUT2D eigenvalue weighted by Gasteiger charge is -2.07. The lowest BCUT2D eigenvalue weighted by atomic mass is 10.2. The average Bonchev–Trinajstić information content (AvgIpc) is 2.84. The minimum absolute atomic E-state index is 0.347. The van der Waals surface area contributed by atoms with Crippen LogP contribution in [0, 0.1) is 6.92 Å². The zero-order chi connectivity index (χ0) is 14.5. The van der Waals surface area contributed by atoms with E-state index in [2.05, 4.69) is 10.5 Å². The zero-order valence-electron chi connectivity index (χ0n) is 11.0. The highest BCUT2D eigenvalue weighted by atomic mass is 35.5. The Balaban J connectivity index is 2.11. The molecule has 2 rings (SSSR count). The van der Waals surface area contributed by atoms with Gasteiger partial charge in [-0.25, -0.2) is 5.43 Å². The second kappa shape index (κ2) is 6.54.